The predicted molar refractivity (Wildman–Crippen MR) is 85.4 cm³/mol. The van der Waals surface area contributed by atoms with Gasteiger partial charge in [0.05, 0.1) is 0 Å². The maximum atomic E-state index is 6.38. The fourth-order valence-corrected chi connectivity index (χ4v) is 4.57. The van der Waals surface area contributed by atoms with Crippen LogP contribution in [-0.4, -0.2) is 10.9 Å². The maximum Gasteiger partial charge on any atom is 0.123 e. The molecule has 1 fully saturated rings. The lowest BCUT2D eigenvalue weighted by molar-refractivity contribution is -0.0414. The minimum absolute atomic E-state index is 0.310. The summed E-state index contributed by atoms with van der Waals surface area (Å²) in [6, 6.07) is 4.41. The van der Waals surface area contributed by atoms with Crippen molar-refractivity contribution in [2.45, 2.75) is 64.8 Å². The molecule has 0 N–H and O–H groups in total. The number of hydrogen-bond acceptors (Lipinski definition) is 1. The normalized spacial score (nSPS) is 24.9. The topological polar surface area (TPSA) is 9.23 Å². The van der Waals surface area contributed by atoms with Crippen LogP contribution < -0.4 is 4.74 Å². The summed E-state index contributed by atoms with van der Waals surface area (Å²) in [6.45, 7) is 11.0. The molecule has 0 saturated heterocycles. The van der Waals surface area contributed by atoms with Crippen LogP contribution in [0.5, 0.6) is 5.75 Å². The molecule has 2 rings (SSSR count). The average Bonchev–Trinajstić information content (AvgIpc) is 2.36. The fourth-order valence-electron chi connectivity index (χ4n) is 3.29. The van der Waals surface area contributed by atoms with E-state index in [4.69, 9.17) is 4.74 Å². The zero-order valence-corrected chi connectivity index (χ0v) is 14.3. The Balaban J connectivity index is 2.23. The Morgan fingerprint density at radius 1 is 1.21 bits per heavy atom. The fraction of sp³-hybridized carbons (Fsp3) is 0.647. The summed E-state index contributed by atoms with van der Waals surface area (Å²) in [7, 11) is 0. The lowest BCUT2D eigenvalue weighted by Crippen LogP contribution is -2.56. The highest BCUT2D eigenvalue weighted by molar-refractivity contribution is 9.09. The van der Waals surface area contributed by atoms with Gasteiger partial charge in [-0.3, -0.25) is 0 Å². The molecule has 0 spiro atoms. The van der Waals surface area contributed by atoms with Crippen molar-refractivity contribution in [3.63, 3.8) is 0 Å². The molecule has 1 aliphatic carbocycles. The monoisotopic (exact) mass is 324 g/mol. The Hall–Kier alpha value is -0.500. The van der Waals surface area contributed by atoms with E-state index in [1.54, 1.807) is 0 Å². The number of rotatable bonds is 4. The molecule has 0 radical (unpaired) electrons. The number of ether oxygens (including phenoxy) is 1. The van der Waals surface area contributed by atoms with Crippen LogP contribution in [-0.2, 0) is 0 Å². The summed E-state index contributed by atoms with van der Waals surface area (Å²) in [6.07, 6.45) is 3.82. The second-order valence-electron chi connectivity index (χ2n) is 5.95. The van der Waals surface area contributed by atoms with Gasteiger partial charge in [-0.1, -0.05) is 35.8 Å². The molecular formula is C17H25BrO. The van der Waals surface area contributed by atoms with E-state index in [0.717, 1.165) is 12.2 Å². The first-order valence-electron chi connectivity index (χ1n) is 7.33. The smallest absolute Gasteiger partial charge is 0.123 e. The first kappa shape index (κ1) is 14.9. The highest BCUT2D eigenvalue weighted by Gasteiger charge is 2.53. The molecule has 2 atom stereocenters. The molecule has 0 bridgehead atoms. The van der Waals surface area contributed by atoms with Gasteiger partial charge in [0.1, 0.15) is 11.9 Å². The van der Waals surface area contributed by atoms with E-state index < -0.39 is 0 Å². The summed E-state index contributed by atoms with van der Waals surface area (Å²) in [5, 5.41) is 0. The average molecular weight is 325 g/mol. The van der Waals surface area contributed by atoms with Crippen LogP contribution in [0.1, 0.15) is 49.8 Å². The van der Waals surface area contributed by atoms with Gasteiger partial charge in [0, 0.05) is 10.2 Å². The highest BCUT2D eigenvalue weighted by atomic mass is 79.9. The van der Waals surface area contributed by atoms with Crippen molar-refractivity contribution in [3.05, 3.63) is 28.8 Å². The summed E-state index contributed by atoms with van der Waals surface area (Å²) >= 11 is 3.83. The summed E-state index contributed by atoms with van der Waals surface area (Å²) in [5.74, 6) is 1.08. The van der Waals surface area contributed by atoms with Gasteiger partial charge in [0.2, 0.25) is 0 Å². The van der Waals surface area contributed by atoms with Crippen LogP contribution in [0, 0.1) is 26.2 Å². The van der Waals surface area contributed by atoms with Gasteiger partial charge in [-0.15, -0.1) is 0 Å². The standard InChI is InChI=1S/C17H25BrO/c1-6-17(7-2)15(18)10-16(17)19-14-9-11(3)8-12(4)13(14)5/h8-9,15-16H,6-7,10H2,1-5H3. The van der Waals surface area contributed by atoms with E-state index in [9.17, 15) is 0 Å². The van der Waals surface area contributed by atoms with Gasteiger partial charge < -0.3 is 4.74 Å². The van der Waals surface area contributed by atoms with Crippen LogP contribution in [0.3, 0.4) is 0 Å². The third kappa shape index (κ3) is 2.44. The summed E-state index contributed by atoms with van der Waals surface area (Å²) < 4.78 is 6.38. The van der Waals surface area contributed by atoms with E-state index in [0.29, 0.717) is 16.3 Å². The van der Waals surface area contributed by atoms with Gasteiger partial charge >= 0.3 is 0 Å². The second kappa shape index (κ2) is 5.47. The molecule has 19 heavy (non-hydrogen) atoms. The molecule has 2 heteroatoms. The minimum Gasteiger partial charge on any atom is -0.489 e. The first-order valence-corrected chi connectivity index (χ1v) is 8.24. The quantitative estimate of drug-likeness (QED) is 0.680. The van der Waals surface area contributed by atoms with E-state index in [1.165, 1.54) is 29.5 Å². The van der Waals surface area contributed by atoms with Crippen molar-refractivity contribution >= 4 is 15.9 Å². The van der Waals surface area contributed by atoms with Gasteiger partial charge in [-0.2, -0.15) is 0 Å². The van der Waals surface area contributed by atoms with Gasteiger partial charge in [0.25, 0.3) is 0 Å². The van der Waals surface area contributed by atoms with Crippen LogP contribution in [0.2, 0.25) is 0 Å². The Morgan fingerprint density at radius 3 is 2.37 bits per heavy atom. The zero-order valence-electron chi connectivity index (χ0n) is 12.7. The molecule has 0 amide bonds. The van der Waals surface area contributed by atoms with Gasteiger partial charge in [-0.25, -0.2) is 0 Å². The highest BCUT2D eigenvalue weighted by Crippen LogP contribution is 2.53. The molecule has 1 aromatic carbocycles. The van der Waals surface area contributed by atoms with Crippen LogP contribution in [0.15, 0.2) is 12.1 Å². The Bertz CT molecular complexity index is 463. The predicted octanol–water partition coefficient (Wildman–Crippen LogP) is 5.33. The van der Waals surface area contributed by atoms with E-state index in [2.05, 4.69) is 62.7 Å². The molecule has 1 saturated carbocycles. The summed E-state index contributed by atoms with van der Waals surface area (Å²) in [5.41, 5.74) is 4.20. The third-order valence-corrected chi connectivity index (χ3v) is 6.32. The molecule has 2 unspecified atom stereocenters. The largest absolute Gasteiger partial charge is 0.489 e. The number of hydrogen-bond donors (Lipinski definition) is 0. The van der Waals surface area contributed by atoms with E-state index in [-0.39, 0.29) is 0 Å². The number of aryl methyl sites for hydroxylation is 2. The van der Waals surface area contributed by atoms with Gasteiger partial charge in [0.15, 0.2) is 0 Å². The Morgan fingerprint density at radius 2 is 1.84 bits per heavy atom. The van der Waals surface area contributed by atoms with Crippen LogP contribution >= 0.6 is 15.9 Å². The lowest BCUT2D eigenvalue weighted by Gasteiger charge is -2.53. The van der Waals surface area contributed by atoms with E-state index in [1.807, 2.05) is 0 Å². The van der Waals surface area contributed by atoms with Crippen LogP contribution in [0.4, 0.5) is 0 Å². The van der Waals surface area contributed by atoms with Crippen molar-refractivity contribution in [3.8, 4) is 5.75 Å². The minimum atomic E-state index is 0.310. The van der Waals surface area contributed by atoms with Gasteiger partial charge in [-0.05, 0) is 62.8 Å². The molecule has 1 nitrogen and oxygen atoms in total. The van der Waals surface area contributed by atoms with Crippen molar-refractivity contribution < 1.29 is 4.74 Å². The molecule has 1 aromatic rings. The SMILES string of the molecule is CCC1(CC)C(Br)CC1Oc1cc(C)cc(C)c1C. The maximum absolute atomic E-state index is 6.38. The lowest BCUT2D eigenvalue weighted by atomic mass is 9.62. The molecule has 106 valence electrons. The number of benzene rings is 1. The van der Waals surface area contributed by atoms with Crippen molar-refractivity contribution in [2.75, 3.05) is 0 Å². The van der Waals surface area contributed by atoms with Crippen molar-refractivity contribution in [2.24, 2.45) is 5.41 Å². The van der Waals surface area contributed by atoms with Crippen LogP contribution in [0.25, 0.3) is 0 Å². The molecule has 1 aliphatic rings. The molecule has 0 heterocycles. The number of halogens is 1. The van der Waals surface area contributed by atoms with Crippen molar-refractivity contribution in [1.82, 2.24) is 0 Å². The molecule has 0 aliphatic heterocycles. The first-order chi connectivity index (χ1) is 8.94. The van der Waals surface area contributed by atoms with E-state index >= 15 is 0 Å². The second-order valence-corrected chi connectivity index (χ2v) is 7.06. The Labute approximate surface area is 125 Å². The third-order valence-electron chi connectivity index (χ3n) is 5.04. The zero-order chi connectivity index (χ0) is 14.2. The molecular weight excluding hydrogens is 300 g/mol. The van der Waals surface area contributed by atoms with Crippen molar-refractivity contribution in [1.29, 1.82) is 0 Å². The number of alkyl halides is 1. The molecule has 0 aromatic heterocycles. The summed E-state index contributed by atoms with van der Waals surface area (Å²) in [4.78, 5) is 0.603. The Kier molecular flexibility index (Phi) is 4.29.